The first-order valence-corrected chi connectivity index (χ1v) is 9.74. The number of carbonyl (C=O) groups is 1. The molecule has 0 atom stereocenters. The van der Waals surface area contributed by atoms with E-state index in [1.54, 1.807) is 12.3 Å². The van der Waals surface area contributed by atoms with E-state index in [0.29, 0.717) is 17.6 Å². The van der Waals surface area contributed by atoms with Gasteiger partial charge >= 0.3 is 0 Å². The monoisotopic (exact) mass is 367 g/mol. The Balaban J connectivity index is 1.60. The summed E-state index contributed by atoms with van der Waals surface area (Å²) < 4.78 is 0. The fraction of sp³-hybridized carbons (Fsp3) is 0.476. The average molecular weight is 367 g/mol. The van der Waals surface area contributed by atoms with Crippen LogP contribution in [-0.4, -0.2) is 35.5 Å². The Kier molecular flexibility index (Phi) is 6.27. The van der Waals surface area contributed by atoms with Crippen LogP contribution in [-0.2, 0) is 0 Å². The van der Waals surface area contributed by atoms with Crippen molar-refractivity contribution in [1.82, 2.24) is 9.97 Å². The van der Waals surface area contributed by atoms with Gasteiger partial charge in [-0.15, -0.1) is 0 Å². The lowest BCUT2D eigenvalue weighted by Crippen LogP contribution is -2.32. The lowest BCUT2D eigenvalue weighted by atomic mass is 9.99. The number of amides is 1. The van der Waals surface area contributed by atoms with Crippen LogP contribution in [0.4, 0.5) is 17.3 Å². The van der Waals surface area contributed by atoms with Crippen molar-refractivity contribution < 1.29 is 4.79 Å². The number of aromatic nitrogens is 2. The van der Waals surface area contributed by atoms with Crippen LogP contribution in [0.2, 0.25) is 0 Å². The average Bonchev–Trinajstić information content (AvgIpc) is 2.68. The molecule has 0 bridgehead atoms. The van der Waals surface area contributed by atoms with Gasteiger partial charge in [0.15, 0.2) is 0 Å². The van der Waals surface area contributed by atoms with Crippen LogP contribution in [0.3, 0.4) is 0 Å². The van der Waals surface area contributed by atoms with Crippen molar-refractivity contribution in [2.45, 2.75) is 33.6 Å². The van der Waals surface area contributed by atoms with E-state index >= 15 is 0 Å². The zero-order valence-electron chi connectivity index (χ0n) is 16.4. The number of nitrogens with one attached hydrogen (secondary N) is 2. The third-order valence-electron chi connectivity index (χ3n) is 4.83. The second kappa shape index (κ2) is 8.84. The molecule has 2 heterocycles. The molecule has 1 aromatic carbocycles. The van der Waals surface area contributed by atoms with Gasteiger partial charge in [-0.3, -0.25) is 4.79 Å². The summed E-state index contributed by atoms with van der Waals surface area (Å²) in [5.41, 5.74) is 2.33. The van der Waals surface area contributed by atoms with Gasteiger partial charge in [0.2, 0.25) is 5.95 Å². The van der Waals surface area contributed by atoms with Gasteiger partial charge in [0.05, 0.1) is 0 Å². The first-order valence-electron chi connectivity index (χ1n) is 9.74. The lowest BCUT2D eigenvalue weighted by molar-refractivity contribution is 0.102. The molecule has 1 aromatic heterocycles. The second-order valence-corrected chi connectivity index (χ2v) is 7.71. The molecule has 27 heavy (non-hydrogen) atoms. The van der Waals surface area contributed by atoms with Crippen molar-refractivity contribution in [1.29, 1.82) is 0 Å². The van der Waals surface area contributed by atoms with E-state index in [-0.39, 0.29) is 5.91 Å². The van der Waals surface area contributed by atoms with Crippen LogP contribution < -0.4 is 15.5 Å². The number of hydrogen-bond donors (Lipinski definition) is 2. The van der Waals surface area contributed by atoms with Crippen molar-refractivity contribution >= 4 is 23.2 Å². The van der Waals surface area contributed by atoms with Crippen molar-refractivity contribution in [3.8, 4) is 0 Å². The predicted molar refractivity (Wildman–Crippen MR) is 110 cm³/mol. The minimum absolute atomic E-state index is 0.232. The molecule has 0 aliphatic carbocycles. The summed E-state index contributed by atoms with van der Waals surface area (Å²) >= 11 is 0. The van der Waals surface area contributed by atoms with Crippen molar-refractivity contribution in [2.75, 3.05) is 35.2 Å². The molecule has 0 spiro atoms. The van der Waals surface area contributed by atoms with E-state index in [1.807, 2.05) is 12.1 Å². The molecular formula is C21H29N5O. The van der Waals surface area contributed by atoms with E-state index < -0.39 is 0 Å². The molecule has 6 nitrogen and oxygen atoms in total. The van der Waals surface area contributed by atoms with E-state index in [2.05, 4.69) is 58.4 Å². The van der Waals surface area contributed by atoms with Crippen molar-refractivity contribution in [3.63, 3.8) is 0 Å². The highest BCUT2D eigenvalue weighted by Crippen LogP contribution is 2.24. The predicted octanol–water partition coefficient (Wildman–Crippen LogP) is 4.03. The molecule has 3 rings (SSSR count). The van der Waals surface area contributed by atoms with Gasteiger partial charge in [-0.2, -0.15) is 0 Å². The summed E-state index contributed by atoms with van der Waals surface area (Å²) in [5.74, 6) is 1.54. The van der Waals surface area contributed by atoms with Crippen molar-refractivity contribution in [2.24, 2.45) is 11.8 Å². The third-order valence-corrected chi connectivity index (χ3v) is 4.83. The molecule has 0 saturated carbocycles. The minimum Gasteiger partial charge on any atom is -0.372 e. The number of piperidine rings is 1. The van der Waals surface area contributed by atoms with Crippen LogP contribution in [0.15, 0.2) is 36.5 Å². The van der Waals surface area contributed by atoms with Gasteiger partial charge in [0, 0.05) is 37.2 Å². The Morgan fingerprint density at radius 3 is 2.56 bits per heavy atom. The van der Waals surface area contributed by atoms with Gasteiger partial charge in [0.1, 0.15) is 5.69 Å². The second-order valence-electron chi connectivity index (χ2n) is 7.71. The topological polar surface area (TPSA) is 70.2 Å². The largest absolute Gasteiger partial charge is 0.372 e. The van der Waals surface area contributed by atoms with Crippen LogP contribution in [0, 0.1) is 11.8 Å². The molecule has 1 saturated heterocycles. The van der Waals surface area contributed by atoms with E-state index in [0.717, 1.165) is 31.2 Å². The minimum atomic E-state index is -0.232. The Morgan fingerprint density at radius 1 is 1.19 bits per heavy atom. The van der Waals surface area contributed by atoms with Crippen LogP contribution in [0.5, 0.6) is 0 Å². The van der Waals surface area contributed by atoms with Gasteiger partial charge in [0.25, 0.3) is 5.91 Å². The normalized spacial score (nSPS) is 15.0. The van der Waals surface area contributed by atoms with Gasteiger partial charge < -0.3 is 15.5 Å². The summed E-state index contributed by atoms with van der Waals surface area (Å²) in [6, 6.07) is 9.66. The molecule has 0 unspecified atom stereocenters. The molecule has 6 heteroatoms. The number of hydrogen-bond acceptors (Lipinski definition) is 5. The summed E-state index contributed by atoms with van der Waals surface area (Å²) in [4.78, 5) is 23.4. The maximum atomic E-state index is 12.5. The third kappa shape index (κ3) is 5.42. The van der Waals surface area contributed by atoms with Gasteiger partial charge in [-0.1, -0.05) is 20.8 Å². The summed E-state index contributed by atoms with van der Waals surface area (Å²) in [6.45, 7) is 9.49. The molecule has 0 radical (unpaired) electrons. The summed E-state index contributed by atoms with van der Waals surface area (Å²) in [6.07, 6.45) is 4.07. The fourth-order valence-electron chi connectivity index (χ4n) is 3.08. The number of anilines is 3. The highest BCUT2D eigenvalue weighted by molar-refractivity contribution is 6.03. The molecule has 144 valence electrons. The number of carbonyl (C=O) groups excluding carboxylic acids is 1. The quantitative estimate of drug-likeness (QED) is 0.806. The molecule has 2 N–H and O–H groups in total. The molecule has 1 amide bonds. The number of nitrogens with zero attached hydrogens (tertiary/aromatic N) is 3. The Bertz CT molecular complexity index is 751. The van der Waals surface area contributed by atoms with Crippen LogP contribution in [0.25, 0.3) is 0 Å². The van der Waals surface area contributed by atoms with Crippen LogP contribution >= 0.6 is 0 Å². The zero-order chi connectivity index (χ0) is 19.2. The van der Waals surface area contributed by atoms with Gasteiger partial charge in [-0.05, 0) is 55.0 Å². The van der Waals surface area contributed by atoms with E-state index in [9.17, 15) is 4.79 Å². The molecular weight excluding hydrogens is 338 g/mol. The SMILES string of the molecule is CC(C)CNc1nccc(C(=O)Nc2ccc(N3CCC(C)CC3)cc2)n1. The molecule has 2 aromatic rings. The highest BCUT2D eigenvalue weighted by atomic mass is 16.1. The first-order chi connectivity index (χ1) is 13.0. The summed E-state index contributed by atoms with van der Waals surface area (Å²) in [7, 11) is 0. The lowest BCUT2D eigenvalue weighted by Gasteiger charge is -2.32. The fourth-order valence-corrected chi connectivity index (χ4v) is 3.08. The Hall–Kier alpha value is -2.63. The maximum Gasteiger partial charge on any atom is 0.274 e. The molecule has 1 aliphatic heterocycles. The maximum absolute atomic E-state index is 12.5. The van der Waals surface area contributed by atoms with E-state index in [1.165, 1.54) is 18.5 Å². The smallest absolute Gasteiger partial charge is 0.274 e. The van der Waals surface area contributed by atoms with Gasteiger partial charge in [-0.25, -0.2) is 9.97 Å². The Morgan fingerprint density at radius 2 is 1.89 bits per heavy atom. The van der Waals surface area contributed by atoms with Crippen LogP contribution in [0.1, 0.15) is 44.1 Å². The van der Waals surface area contributed by atoms with E-state index in [4.69, 9.17) is 0 Å². The first kappa shape index (κ1) is 19.1. The Labute approximate surface area is 161 Å². The molecule has 1 fully saturated rings. The number of benzene rings is 1. The molecule has 1 aliphatic rings. The zero-order valence-corrected chi connectivity index (χ0v) is 16.4. The standard InChI is InChI=1S/C21H29N5O/c1-15(2)14-23-21-22-11-8-19(25-21)20(27)24-17-4-6-18(7-5-17)26-12-9-16(3)10-13-26/h4-8,11,15-16H,9-10,12-14H2,1-3H3,(H,24,27)(H,22,23,25). The summed E-state index contributed by atoms with van der Waals surface area (Å²) in [5, 5.41) is 6.05. The number of rotatable bonds is 6. The van der Waals surface area contributed by atoms with Crippen molar-refractivity contribution in [3.05, 3.63) is 42.2 Å². The highest BCUT2D eigenvalue weighted by Gasteiger charge is 2.16.